The Balaban J connectivity index is 2.89. The molecule has 102 valence electrons. The Morgan fingerprint density at radius 2 is 1.55 bits per heavy atom. The van der Waals surface area contributed by atoms with E-state index in [1.807, 2.05) is 0 Å². The molecular weight excluding hydrogens is 258 g/mol. The van der Waals surface area contributed by atoms with Crippen LogP contribution in [0.4, 0.5) is 0 Å². The molecule has 0 aliphatic carbocycles. The number of hydrogen-bond donors (Lipinski definition) is 2. The standard InChI is InChI=1S/C14H13N3O3/c1-8-10(12(15)18)7-11(13(16)19)14(20)17(8)9-5-3-2-4-6-9/h2-7H,1H3,(H2,15,18)(H2,16,19). The second kappa shape index (κ2) is 5.00. The number of hydrogen-bond acceptors (Lipinski definition) is 3. The summed E-state index contributed by atoms with van der Waals surface area (Å²) in [4.78, 5) is 35.1. The fraction of sp³-hybridized carbons (Fsp3) is 0.0714. The van der Waals surface area contributed by atoms with Crippen molar-refractivity contribution in [3.8, 4) is 5.69 Å². The second-order valence-electron chi connectivity index (χ2n) is 4.26. The number of carbonyl (C=O) groups is 2. The molecule has 1 aromatic heterocycles. The highest BCUT2D eigenvalue weighted by Crippen LogP contribution is 2.13. The lowest BCUT2D eigenvalue weighted by Crippen LogP contribution is -2.32. The Hall–Kier alpha value is -2.89. The van der Waals surface area contributed by atoms with E-state index in [2.05, 4.69) is 0 Å². The lowest BCUT2D eigenvalue weighted by atomic mass is 10.1. The summed E-state index contributed by atoms with van der Waals surface area (Å²) in [5.74, 6) is -1.63. The zero-order valence-electron chi connectivity index (χ0n) is 10.8. The minimum atomic E-state index is -0.901. The summed E-state index contributed by atoms with van der Waals surface area (Å²) in [5, 5.41) is 0. The Kier molecular flexibility index (Phi) is 3.39. The van der Waals surface area contributed by atoms with Crippen LogP contribution in [0, 0.1) is 6.92 Å². The fourth-order valence-corrected chi connectivity index (χ4v) is 2.02. The third kappa shape index (κ3) is 2.18. The lowest BCUT2D eigenvalue weighted by molar-refractivity contribution is 0.0998. The molecule has 6 nitrogen and oxygen atoms in total. The average molecular weight is 271 g/mol. The van der Waals surface area contributed by atoms with E-state index < -0.39 is 17.4 Å². The summed E-state index contributed by atoms with van der Waals surface area (Å²) >= 11 is 0. The first-order valence-electron chi connectivity index (χ1n) is 5.85. The van der Waals surface area contributed by atoms with Gasteiger partial charge in [0.25, 0.3) is 17.4 Å². The molecule has 0 fully saturated rings. The Labute approximate surface area is 114 Å². The van der Waals surface area contributed by atoms with Crippen molar-refractivity contribution in [1.29, 1.82) is 0 Å². The number of amides is 2. The minimum absolute atomic E-state index is 0.0854. The van der Waals surface area contributed by atoms with Gasteiger partial charge in [-0.05, 0) is 25.1 Å². The van der Waals surface area contributed by atoms with E-state index in [0.717, 1.165) is 6.07 Å². The van der Waals surface area contributed by atoms with Crippen LogP contribution >= 0.6 is 0 Å². The van der Waals surface area contributed by atoms with E-state index in [-0.39, 0.29) is 11.1 Å². The number of nitrogens with two attached hydrogens (primary N) is 2. The smallest absolute Gasteiger partial charge is 0.268 e. The van der Waals surface area contributed by atoms with Gasteiger partial charge in [-0.3, -0.25) is 19.0 Å². The summed E-state index contributed by atoms with van der Waals surface area (Å²) in [5.41, 5.74) is 10.6. The van der Waals surface area contributed by atoms with Crippen molar-refractivity contribution < 1.29 is 9.59 Å². The number of para-hydroxylation sites is 1. The molecule has 2 aromatic rings. The van der Waals surface area contributed by atoms with Crippen LogP contribution in [0.1, 0.15) is 26.4 Å². The average Bonchev–Trinajstić information content (AvgIpc) is 2.39. The molecule has 6 heteroatoms. The topological polar surface area (TPSA) is 108 Å². The molecule has 0 aliphatic rings. The third-order valence-electron chi connectivity index (χ3n) is 2.99. The van der Waals surface area contributed by atoms with E-state index in [0.29, 0.717) is 11.4 Å². The summed E-state index contributed by atoms with van der Waals surface area (Å²) in [7, 11) is 0. The first kappa shape index (κ1) is 13.5. The van der Waals surface area contributed by atoms with E-state index in [1.165, 1.54) is 4.57 Å². The van der Waals surface area contributed by atoms with Crippen molar-refractivity contribution in [2.75, 3.05) is 0 Å². The van der Waals surface area contributed by atoms with Gasteiger partial charge in [0.15, 0.2) is 0 Å². The van der Waals surface area contributed by atoms with Crippen molar-refractivity contribution in [2.24, 2.45) is 11.5 Å². The highest BCUT2D eigenvalue weighted by Gasteiger charge is 2.18. The van der Waals surface area contributed by atoms with Crippen LogP contribution < -0.4 is 17.0 Å². The first-order valence-corrected chi connectivity index (χ1v) is 5.85. The predicted molar refractivity (Wildman–Crippen MR) is 73.8 cm³/mol. The van der Waals surface area contributed by atoms with Gasteiger partial charge in [0.1, 0.15) is 5.56 Å². The second-order valence-corrected chi connectivity index (χ2v) is 4.26. The highest BCUT2D eigenvalue weighted by molar-refractivity contribution is 5.99. The summed E-state index contributed by atoms with van der Waals surface area (Å²) in [6.45, 7) is 1.58. The van der Waals surface area contributed by atoms with Crippen molar-refractivity contribution in [3.63, 3.8) is 0 Å². The van der Waals surface area contributed by atoms with Crippen LogP contribution in [0.15, 0.2) is 41.2 Å². The SMILES string of the molecule is Cc1c(C(N)=O)cc(C(N)=O)c(=O)n1-c1ccccc1. The van der Waals surface area contributed by atoms with Gasteiger partial charge in [0.05, 0.1) is 5.56 Å². The van der Waals surface area contributed by atoms with Crippen molar-refractivity contribution >= 4 is 11.8 Å². The van der Waals surface area contributed by atoms with Crippen LogP contribution in [0.3, 0.4) is 0 Å². The summed E-state index contributed by atoms with van der Waals surface area (Å²) in [6.07, 6.45) is 0. The molecule has 0 radical (unpaired) electrons. The molecule has 0 aliphatic heterocycles. The monoisotopic (exact) mass is 271 g/mol. The predicted octanol–water partition coefficient (Wildman–Crippen LogP) is 0.344. The molecule has 4 N–H and O–H groups in total. The number of aromatic nitrogens is 1. The zero-order chi connectivity index (χ0) is 14.9. The number of rotatable bonds is 3. The normalized spacial score (nSPS) is 10.2. The van der Waals surface area contributed by atoms with E-state index in [9.17, 15) is 14.4 Å². The highest BCUT2D eigenvalue weighted by atomic mass is 16.2. The van der Waals surface area contributed by atoms with Crippen LogP contribution in [-0.4, -0.2) is 16.4 Å². The van der Waals surface area contributed by atoms with Crippen LogP contribution in [-0.2, 0) is 0 Å². The lowest BCUT2D eigenvalue weighted by Gasteiger charge is -2.14. The number of primary amides is 2. The molecule has 1 heterocycles. The van der Waals surface area contributed by atoms with Crippen molar-refractivity contribution in [3.05, 3.63) is 63.6 Å². The molecule has 0 spiro atoms. The number of carbonyl (C=O) groups excluding carboxylic acids is 2. The van der Waals surface area contributed by atoms with Gasteiger partial charge in [-0.25, -0.2) is 0 Å². The van der Waals surface area contributed by atoms with Gasteiger partial charge >= 0.3 is 0 Å². The van der Waals surface area contributed by atoms with Gasteiger partial charge < -0.3 is 11.5 Å². The van der Waals surface area contributed by atoms with Crippen LogP contribution in [0.2, 0.25) is 0 Å². The maximum Gasteiger partial charge on any atom is 0.268 e. The van der Waals surface area contributed by atoms with Gasteiger partial charge in [-0.1, -0.05) is 18.2 Å². The Morgan fingerprint density at radius 3 is 2.05 bits per heavy atom. The van der Waals surface area contributed by atoms with Gasteiger partial charge in [-0.2, -0.15) is 0 Å². The first-order chi connectivity index (χ1) is 9.43. The fourth-order valence-electron chi connectivity index (χ4n) is 2.02. The molecule has 0 unspecified atom stereocenters. The molecule has 0 saturated carbocycles. The minimum Gasteiger partial charge on any atom is -0.366 e. The number of nitrogens with zero attached hydrogens (tertiary/aromatic N) is 1. The molecule has 20 heavy (non-hydrogen) atoms. The molecule has 2 rings (SSSR count). The van der Waals surface area contributed by atoms with E-state index in [1.54, 1.807) is 37.3 Å². The number of pyridine rings is 1. The van der Waals surface area contributed by atoms with Crippen molar-refractivity contribution in [1.82, 2.24) is 4.57 Å². The maximum absolute atomic E-state index is 12.3. The quantitative estimate of drug-likeness (QED) is 0.840. The molecule has 0 saturated heterocycles. The van der Waals surface area contributed by atoms with Gasteiger partial charge in [-0.15, -0.1) is 0 Å². The molecule has 0 atom stereocenters. The van der Waals surface area contributed by atoms with Crippen LogP contribution in [0.5, 0.6) is 0 Å². The van der Waals surface area contributed by atoms with Crippen LogP contribution in [0.25, 0.3) is 5.69 Å². The number of benzene rings is 1. The van der Waals surface area contributed by atoms with E-state index in [4.69, 9.17) is 11.5 Å². The van der Waals surface area contributed by atoms with Gasteiger partial charge in [0.2, 0.25) is 0 Å². The summed E-state index contributed by atoms with van der Waals surface area (Å²) < 4.78 is 1.25. The Bertz CT molecular complexity index is 748. The maximum atomic E-state index is 12.3. The molecular formula is C14H13N3O3. The summed E-state index contributed by atoms with van der Waals surface area (Å²) in [6, 6.07) is 9.77. The largest absolute Gasteiger partial charge is 0.366 e. The third-order valence-corrected chi connectivity index (χ3v) is 2.99. The zero-order valence-corrected chi connectivity index (χ0v) is 10.8. The molecule has 0 bridgehead atoms. The van der Waals surface area contributed by atoms with Crippen molar-refractivity contribution in [2.45, 2.75) is 6.92 Å². The molecule has 2 amide bonds. The Morgan fingerprint density at radius 1 is 1.00 bits per heavy atom. The van der Waals surface area contributed by atoms with E-state index >= 15 is 0 Å². The van der Waals surface area contributed by atoms with Gasteiger partial charge in [0, 0.05) is 11.4 Å². The molecule has 1 aromatic carbocycles.